The van der Waals surface area contributed by atoms with E-state index < -0.39 is 0 Å². The summed E-state index contributed by atoms with van der Waals surface area (Å²) in [6.07, 6.45) is 5.47. The van der Waals surface area contributed by atoms with Gasteiger partial charge in [0.25, 0.3) is 0 Å². The maximum Gasteiger partial charge on any atom is 0.0823 e. The molecule has 2 saturated carbocycles. The monoisotopic (exact) mass is 255 g/mol. The molecule has 0 aliphatic heterocycles. The van der Waals surface area contributed by atoms with Gasteiger partial charge in [-0.15, -0.1) is 0 Å². The molecule has 3 rings (SSSR count). The average molecular weight is 256 g/mol. The Morgan fingerprint density at radius 1 is 1.06 bits per heavy atom. The highest BCUT2D eigenvalue weighted by molar-refractivity contribution is 6.43. The van der Waals surface area contributed by atoms with Crippen molar-refractivity contribution in [2.45, 2.75) is 31.7 Å². The Bertz CT molecular complexity index is 385. The smallest absolute Gasteiger partial charge is 0.0823 e. The molecular formula is C13H15Cl2N. The molecule has 0 heterocycles. The van der Waals surface area contributed by atoms with Crippen LogP contribution in [-0.4, -0.2) is 6.04 Å². The van der Waals surface area contributed by atoms with E-state index in [0.717, 1.165) is 17.5 Å². The van der Waals surface area contributed by atoms with Gasteiger partial charge in [-0.25, -0.2) is 0 Å². The largest absolute Gasteiger partial charge is 0.381 e. The lowest BCUT2D eigenvalue weighted by Crippen LogP contribution is -2.24. The molecule has 0 unspecified atom stereocenters. The predicted octanol–water partition coefficient (Wildman–Crippen LogP) is 4.59. The molecule has 2 aliphatic rings. The summed E-state index contributed by atoms with van der Waals surface area (Å²) < 4.78 is 0. The number of nitrogens with one attached hydrogen (secondary N) is 1. The van der Waals surface area contributed by atoms with Gasteiger partial charge in [0.15, 0.2) is 0 Å². The van der Waals surface area contributed by atoms with Gasteiger partial charge in [-0.1, -0.05) is 29.3 Å². The van der Waals surface area contributed by atoms with E-state index in [1.165, 1.54) is 25.7 Å². The molecule has 0 bridgehead atoms. The van der Waals surface area contributed by atoms with E-state index in [2.05, 4.69) is 5.32 Å². The van der Waals surface area contributed by atoms with Gasteiger partial charge in [-0.05, 0) is 49.7 Å². The molecule has 16 heavy (non-hydrogen) atoms. The standard InChI is InChI=1S/C13H15Cl2N/c14-10-2-1-3-11(12(10)15)16-13(8-4-5-8)9-6-7-9/h1-3,8-9,13,16H,4-7H2. The maximum absolute atomic E-state index is 6.19. The third kappa shape index (κ3) is 2.16. The first-order valence-corrected chi connectivity index (χ1v) is 6.72. The molecule has 0 atom stereocenters. The van der Waals surface area contributed by atoms with Crippen molar-refractivity contribution in [2.24, 2.45) is 11.8 Å². The molecule has 2 aliphatic carbocycles. The number of benzene rings is 1. The summed E-state index contributed by atoms with van der Waals surface area (Å²) in [5, 5.41) is 4.89. The maximum atomic E-state index is 6.19. The first kappa shape index (κ1) is 10.7. The molecule has 3 heteroatoms. The molecule has 0 amide bonds. The molecule has 0 radical (unpaired) electrons. The topological polar surface area (TPSA) is 12.0 Å². The van der Waals surface area contributed by atoms with Gasteiger partial charge in [0.05, 0.1) is 15.7 Å². The van der Waals surface area contributed by atoms with E-state index in [9.17, 15) is 0 Å². The van der Waals surface area contributed by atoms with E-state index in [1.54, 1.807) is 0 Å². The first-order valence-electron chi connectivity index (χ1n) is 5.96. The molecule has 0 spiro atoms. The van der Waals surface area contributed by atoms with Crippen LogP contribution in [0.25, 0.3) is 0 Å². The third-order valence-corrected chi connectivity index (χ3v) is 4.35. The van der Waals surface area contributed by atoms with Crippen molar-refractivity contribution in [1.82, 2.24) is 0 Å². The number of hydrogen-bond donors (Lipinski definition) is 1. The van der Waals surface area contributed by atoms with E-state index in [0.29, 0.717) is 16.1 Å². The minimum atomic E-state index is 0.621. The summed E-state index contributed by atoms with van der Waals surface area (Å²) in [6, 6.07) is 6.42. The fourth-order valence-electron chi connectivity index (χ4n) is 2.33. The Hall–Kier alpha value is -0.400. The summed E-state index contributed by atoms with van der Waals surface area (Å²) in [5.74, 6) is 1.73. The van der Waals surface area contributed by atoms with E-state index in [-0.39, 0.29) is 0 Å². The molecule has 86 valence electrons. The minimum absolute atomic E-state index is 0.621. The first-order chi connectivity index (χ1) is 7.75. The lowest BCUT2D eigenvalue weighted by atomic mass is 10.1. The fourth-order valence-corrected chi connectivity index (χ4v) is 2.68. The summed E-state index contributed by atoms with van der Waals surface area (Å²) >= 11 is 12.2. The Morgan fingerprint density at radius 3 is 2.25 bits per heavy atom. The summed E-state index contributed by atoms with van der Waals surface area (Å²) in [6.45, 7) is 0. The van der Waals surface area contributed by atoms with Crippen LogP contribution >= 0.6 is 23.2 Å². The number of rotatable bonds is 4. The normalized spacial score (nSPS) is 20.2. The van der Waals surface area contributed by atoms with Crippen molar-refractivity contribution in [1.29, 1.82) is 0 Å². The third-order valence-electron chi connectivity index (χ3n) is 3.53. The number of hydrogen-bond acceptors (Lipinski definition) is 1. The molecule has 0 aromatic heterocycles. The Kier molecular flexibility index (Phi) is 2.76. The Labute approximate surface area is 106 Å². The van der Waals surface area contributed by atoms with Crippen LogP contribution in [0.5, 0.6) is 0 Å². The van der Waals surface area contributed by atoms with Crippen LogP contribution in [0.3, 0.4) is 0 Å². The van der Waals surface area contributed by atoms with Gasteiger partial charge >= 0.3 is 0 Å². The molecule has 1 nitrogen and oxygen atoms in total. The number of halogens is 2. The minimum Gasteiger partial charge on any atom is -0.381 e. The van der Waals surface area contributed by atoms with Crippen molar-refractivity contribution in [3.05, 3.63) is 28.2 Å². The van der Waals surface area contributed by atoms with Crippen LogP contribution < -0.4 is 5.32 Å². The van der Waals surface area contributed by atoms with Crippen LogP contribution in [0, 0.1) is 11.8 Å². The summed E-state index contributed by atoms with van der Waals surface area (Å²) in [4.78, 5) is 0. The van der Waals surface area contributed by atoms with Crippen molar-refractivity contribution >= 4 is 28.9 Å². The van der Waals surface area contributed by atoms with Crippen molar-refractivity contribution in [2.75, 3.05) is 5.32 Å². The van der Waals surface area contributed by atoms with Crippen molar-refractivity contribution < 1.29 is 0 Å². The molecule has 1 N–H and O–H groups in total. The Morgan fingerprint density at radius 2 is 1.69 bits per heavy atom. The lowest BCUT2D eigenvalue weighted by molar-refractivity contribution is 0.568. The lowest BCUT2D eigenvalue weighted by Gasteiger charge is -2.20. The Balaban J connectivity index is 1.78. The highest BCUT2D eigenvalue weighted by Crippen LogP contribution is 2.46. The second-order valence-corrected chi connectivity index (χ2v) is 5.73. The van der Waals surface area contributed by atoms with Crippen LogP contribution in [0.2, 0.25) is 10.0 Å². The van der Waals surface area contributed by atoms with E-state index in [4.69, 9.17) is 23.2 Å². The van der Waals surface area contributed by atoms with E-state index >= 15 is 0 Å². The highest BCUT2D eigenvalue weighted by Gasteiger charge is 2.41. The van der Waals surface area contributed by atoms with Crippen molar-refractivity contribution in [3.8, 4) is 0 Å². The second-order valence-electron chi connectivity index (χ2n) is 4.95. The van der Waals surface area contributed by atoms with Crippen LogP contribution in [0.1, 0.15) is 25.7 Å². The average Bonchev–Trinajstić information content (AvgIpc) is 3.15. The van der Waals surface area contributed by atoms with E-state index in [1.807, 2.05) is 18.2 Å². The van der Waals surface area contributed by atoms with Gasteiger partial charge in [-0.2, -0.15) is 0 Å². The zero-order chi connectivity index (χ0) is 11.1. The van der Waals surface area contributed by atoms with Crippen LogP contribution in [0.15, 0.2) is 18.2 Å². The molecule has 1 aromatic rings. The second kappa shape index (κ2) is 4.12. The zero-order valence-corrected chi connectivity index (χ0v) is 10.6. The van der Waals surface area contributed by atoms with Gasteiger partial charge in [0, 0.05) is 6.04 Å². The molecule has 1 aromatic carbocycles. The van der Waals surface area contributed by atoms with Gasteiger partial charge in [0.1, 0.15) is 0 Å². The summed E-state index contributed by atoms with van der Waals surface area (Å²) in [7, 11) is 0. The van der Waals surface area contributed by atoms with Gasteiger partial charge in [-0.3, -0.25) is 0 Å². The fraction of sp³-hybridized carbons (Fsp3) is 0.538. The highest BCUT2D eigenvalue weighted by atomic mass is 35.5. The summed E-state index contributed by atoms with van der Waals surface area (Å²) in [5.41, 5.74) is 0.998. The molecule has 0 saturated heterocycles. The zero-order valence-electron chi connectivity index (χ0n) is 9.05. The number of anilines is 1. The molecule has 2 fully saturated rings. The predicted molar refractivity (Wildman–Crippen MR) is 69.3 cm³/mol. The molecular weight excluding hydrogens is 241 g/mol. The quantitative estimate of drug-likeness (QED) is 0.830. The van der Waals surface area contributed by atoms with Gasteiger partial charge < -0.3 is 5.32 Å². The van der Waals surface area contributed by atoms with Crippen LogP contribution in [-0.2, 0) is 0 Å². The van der Waals surface area contributed by atoms with Crippen molar-refractivity contribution in [3.63, 3.8) is 0 Å². The SMILES string of the molecule is Clc1cccc(NC(C2CC2)C2CC2)c1Cl. The van der Waals surface area contributed by atoms with Crippen LogP contribution in [0.4, 0.5) is 5.69 Å². The van der Waals surface area contributed by atoms with Gasteiger partial charge in [0.2, 0.25) is 0 Å².